The van der Waals surface area contributed by atoms with Crippen LogP contribution in [0.5, 0.6) is 5.75 Å². The van der Waals surface area contributed by atoms with Crippen molar-refractivity contribution in [3.05, 3.63) is 22.7 Å². The van der Waals surface area contributed by atoms with Crippen molar-refractivity contribution in [2.75, 3.05) is 11.8 Å². The summed E-state index contributed by atoms with van der Waals surface area (Å²) in [7, 11) is -1.75. The summed E-state index contributed by atoms with van der Waals surface area (Å²) < 4.78 is 31.5. The fraction of sp³-hybridized carbons (Fsp3) is 0.400. The highest BCUT2D eigenvalue weighted by atomic mass is 79.9. The fourth-order valence-electron chi connectivity index (χ4n) is 1.01. The molecule has 1 rings (SSSR count). The Morgan fingerprint density at radius 2 is 2.00 bits per heavy atom. The van der Waals surface area contributed by atoms with E-state index < -0.39 is 15.3 Å². The van der Waals surface area contributed by atoms with Gasteiger partial charge < -0.3 is 4.74 Å². The summed E-state index contributed by atoms with van der Waals surface area (Å²) >= 11 is 3.29. The summed E-state index contributed by atoms with van der Waals surface area (Å²) in [5.41, 5.74) is 0.515. The van der Waals surface area contributed by atoms with Crippen LogP contribution in [0.15, 0.2) is 22.7 Å². The van der Waals surface area contributed by atoms with Crippen LogP contribution in [0, 0.1) is 0 Å². The molecule has 0 fully saturated rings. The van der Waals surface area contributed by atoms with Crippen molar-refractivity contribution >= 4 is 31.6 Å². The number of methoxy groups -OCH3 is 1. The average molecular weight is 308 g/mol. The second-order valence-corrected chi connectivity index (χ2v) is 6.64. The lowest BCUT2D eigenvalue weighted by Crippen LogP contribution is -2.22. The number of anilines is 1. The van der Waals surface area contributed by atoms with E-state index in [0.717, 1.165) is 0 Å². The van der Waals surface area contributed by atoms with Gasteiger partial charge in [-0.25, -0.2) is 8.42 Å². The van der Waals surface area contributed by atoms with Crippen LogP contribution in [0.25, 0.3) is 0 Å². The van der Waals surface area contributed by atoms with Crippen molar-refractivity contribution < 1.29 is 13.2 Å². The Hall–Kier alpha value is -0.750. The molecule has 0 heterocycles. The molecule has 0 amide bonds. The maximum Gasteiger partial charge on any atom is 0.235 e. The molecular formula is C10H14BrNO3S. The smallest absolute Gasteiger partial charge is 0.235 e. The first kappa shape index (κ1) is 13.3. The van der Waals surface area contributed by atoms with E-state index in [4.69, 9.17) is 4.74 Å². The lowest BCUT2D eigenvalue weighted by molar-refractivity contribution is 0.412. The molecule has 0 saturated carbocycles. The molecule has 0 atom stereocenters. The standard InChI is InChI=1S/C10H14BrNO3S/c1-7(2)16(13,14)12-8-4-5-10(15-3)9(11)6-8/h4-7,12H,1-3H3. The molecule has 0 spiro atoms. The molecule has 1 N–H and O–H groups in total. The highest BCUT2D eigenvalue weighted by Gasteiger charge is 2.15. The van der Waals surface area contributed by atoms with Crippen LogP contribution in [0.2, 0.25) is 0 Å². The van der Waals surface area contributed by atoms with E-state index in [1.54, 1.807) is 39.2 Å². The SMILES string of the molecule is COc1ccc(NS(=O)(=O)C(C)C)cc1Br. The molecule has 16 heavy (non-hydrogen) atoms. The predicted octanol–water partition coefficient (Wildman–Crippen LogP) is 2.61. The second kappa shape index (κ2) is 5.05. The van der Waals surface area contributed by atoms with Gasteiger partial charge in [0.2, 0.25) is 10.0 Å². The van der Waals surface area contributed by atoms with E-state index in [1.807, 2.05) is 0 Å². The molecule has 0 bridgehead atoms. The summed E-state index contributed by atoms with van der Waals surface area (Å²) in [6.07, 6.45) is 0. The Morgan fingerprint density at radius 3 is 2.44 bits per heavy atom. The molecule has 0 aliphatic heterocycles. The maximum atomic E-state index is 11.6. The quantitative estimate of drug-likeness (QED) is 0.930. The summed E-state index contributed by atoms with van der Waals surface area (Å²) in [6.45, 7) is 3.25. The van der Waals surface area contributed by atoms with Gasteiger partial charge in [-0.3, -0.25) is 4.72 Å². The third-order valence-electron chi connectivity index (χ3n) is 2.03. The van der Waals surface area contributed by atoms with E-state index in [0.29, 0.717) is 15.9 Å². The number of rotatable bonds is 4. The van der Waals surface area contributed by atoms with Crippen LogP contribution >= 0.6 is 15.9 Å². The zero-order valence-corrected chi connectivity index (χ0v) is 11.7. The van der Waals surface area contributed by atoms with Crippen molar-refractivity contribution in [1.82, 2.24) is 0 Å². The Morgan fingerprint density at radius 1 is 1.38 bits per heavy atom. The van der Waals surface area contributed by atoms with Crippen LogP contribution in [0.1, 0.15) is 13.8 Å². The first-order valence-electron chi connectivity index (χ1n) is 4.72. The first-order valence-corrected chi connectivity index (χ1v) is 7.06. The number of ether oxygens (including phenoxy) is 1. The number of benzene rings is 1. The third-order valence-corrected chi connectivity index (χ3v) is 4.41. The Kier molecular flexibility index (Phi) is 4.21. The van der Waals surface area contributed by atoms with Gasteiger partial charge >= 0.3 is 0 Å². The van der Waals surface area contributed by atoms with Crippen LogP contribution in [-0.2, 0) is 10.0 Å². The van der Waals surface area contributed by atoms with Crippen LogP contribution in [0.3, 0.4) is 0 Å². The summed E-state index contributed by atoms with van der Waals surface area (Å²) in [6, 6.07) is 5.02. The topological polar surface area (TPSA) is 55.4 Å². The average Bonchev–Trinajstić information content (AvgIpc) is 2.17. The zero-order valence-electron chi connectivity index (χ0n) is 9.32. The van der Waals surface area contributed by atoms with Gasteiger partial charge in [0.05, 0.1) is 16.8 Å². The fourth-order valence-corrected chi connectivity index (χ4v) is 2.24. The van der Waals surface area contributed by atoms with Crippen molar-refractivity contribution in [1.29, 1.82) is 0 Å². The molecule has 0 unspecified atom stereocenters. The summed E-state index contributed by atoms with van der Waals surface area (Å²) in [4.78, 5) is 0. The monoisotopic (exact) mass is 307 g/mol. The molecule has 0 radical (unpaired) electrons. The molecule has 0 saturated heterocycles. The van der Waals surface area contributed by atoms with Gasteiger partial charge in [-0.15, -0.1) is 0 Å². The molecule has 6 heteroatoms. The molecular weight excluding hydrogens is 294 g/mol. The first-order chi connectivity index (χ1) is 7.36. The van der Waals surface area contributed by atoms with E-state index in [-0.39, 0.29) is 0 Å². The van der Waals surface area contributed by atoms with Crippen molar-refractivity contribution in [2.45, 2.75) is 19.1 Å². The predicted molar refractivity (Wildman–Crippen MR) is 68.4 cm³/mol. The van der Waals surface area contributed by atoms with E-state index in [1.165, 1.54) is 0 Å². The van der Waals surface area contributed by atoms with Crippen molar-refractivity contribution in [3.63, 3.8) is 0 Å². The number of sulfonamides is 1. The minimum absolute atomic E-state index is 0.464. The number of hydrogen-bond donors (Lipinski definition) is 1. The molecule has 4 nitrogen and oxygen atoms in total. The molecule has 0 aliphatic rings. The molecule has 0 aliphatic carbocycles. The molecule has 90 valence electrons. The maximum absolute atomic E-state index is 11.6. The van der Waals surface area contributed by atoms with E-state index >= 15 is 0 Å². The van der Waals surface area contributed by atoms with Gasteiger partial charge in [0.25, 0.3) is 0 Å². The second-order valence-electron chi connectivity index (χ2n) is 3.55. The van der Waals surface area contributed by atoms with Gasteiger partial charge in [-0.05, 0) is 48.0 Å². The van der Waals surface area contributed by atoms with Gasteiger partial charge in [0.15, 0.2) is 0 Å². The van der Waals surface area contributed by atoms with Crippen molar-refractivity contribution in [3.8, 4) is 5.75 Å². The minimum atomic E-state index is -3.30. The van der Waals surface area contributed by atoms with Gasteiger partial charge in [-0.2, -0.15) is 0 Å². The third kappa shape index (κ3) is 3.12. The Labute approximate surface area is 104 Å². The van der Waals surface area contributed by atoms with Gasteiger partial charge in [0.1, 0.15) is 5.75 Å². The van der Waals surface area contributed by atoms with Crippen LogP contribution in [-0.4, -0.2) is 20.8 Å². The number of hydrogen-bond acceptors (Lipinski definition) is 3. The highest BCUT2D eigenvalue weighted by molar-refractivity contribution is 9.10. The molecule has 1 aromatic carbocycles. The largest absolute Gasteiger partial charge is 0.496 e. The lowest BCUT2D eigenvalue weighted by Gasteiger charge is -2.11. The highest BCUT2D eigenvalue weighted by Crippen LogP contribution is 2.28. The minimum Gasteiger partial charge on any atom is -0.496 e. The number of nitrogens with one attached hydrogen (secondary N) is 1. The zero-order chi connectivity index (χ0) is 12.3. The van der Waals surface area contributed by atoms with Gasteiger partial charge in [0, 0.05) is 5.69 Å². The van der Waals surface area contributed by atoms with Crippen LogP contribution < -0.4 is 9.46 Å². The van der Waals surface area contributed by atoms with E-state index in [2.05, 4.69) is 20.7 Å². The summed E-state index contributed by atoms with van der Waals surface area (Å²) in [5, 5.41) is -0.464. The summed E-state index contributed by atoms with van der Waals surface area (Å²) in [5.74, 6) is 0.660. The molecule has 1 aromatic rings. The lowest BCUT2D eigenvalue weighted by atomic mass is 10.3. The van der Waals surface area contributed by atoms with Gasteiger partial charge in [-0.1, -0.05) is 0 Å². The molecule has 0 aromatic heterocycles. The Bertz CT molecular complexity index is 471. The normalized spacial score (nSPS) is 11.6. The van der Waals surface area contributed by atoms with E-state index in [9.17, 15) is 8.42 Å². The van der Waals surface area contributed by atoms with Crippen LogP contribution in [0.4, 0.5) is 5.69 Å². The Balaban J connectivity index is 2.96. The van der Waals surface area contributed by atoms with Crippen molar-refractivity contribution in [2.24, 2.45) is 0 Å². The number of halogens is 1.